The van der Waals surface area contributed by atoms with Gasteiger partial charge in [-0.15, -0.1) is 11.3 Å². The standard InChI is InChI=1S/C23H21FN6O2S/c1-13-20(27-5-4-26-13)19(23(25)31)14-2-3-16(24)15(10-14)21-22-17(28-12-29-21)11-18(33-22)30-6-8-32-9-7-30/h2-5,10-12,19H,6-9H2,1H3,(H2,25,31). The maximum atomic E-state index is 15.1. The number of morpholine rings is 1. The number of primary amides is 1. The van der Waals surface area contributed by atoms with Crippen LogP contribution in [0.25, 0.3) is 21.5 Å². The number of ether oxygens (including phenoxy) is 1. The van der Waals surface area contributed by atoms with E-state index in [1.165, 1.54) is 29.9 Å². The number of nitrogens with zero attached hydrogens (tertiary/aromatic N) is 5. The largest absolute Gasteiger partial charge is 0.378 e. The van der Waals surface area contributed by atoms with Crippen LogP contribution in [0, 0.1) is 12.7 Å². The number of aryl methyl sites for hydroxylation is 1. The monoisotopic (exact) mass is 464 g/mol. The van der Waals surface area contributed by atoms with Crippen molar-refractivity contribution in [3.63, 3.8) is 0 Å². The van der Waals surface area contributed by atoms with E-state index in [1.807, 2.05) is 6.07 Å². The molecule has 5 rings (SSSR count). The van der Waals surface area contributed by atoms with Crippen LogP contribution >= 0.6 is 11.3 Å². The summed E-state index contributed by atoms with van der Waals surface area (Å²) < 4.78 is 21.3. The number of benzene rings is 1. The lowest BCUT2D eigenvalue weighted by atomic mass is 9.91. The predicted octanol–water partition coefficient (Wildman–Crippen LogP) is 3.05. The maximum Gasteiger partial charge on any atom is 0.231 e. The van der Waals surface area contributed by atoms with Gasteiger partial charge in [0.05, 0.1) is 45.5 Å². The number of fused-ring (bicyclic) bond motifs is 1. The summed E-state index contributed by atoms with van der Waals surface area (Å²) in [6.07, 6.45) is 4.49. The number of halogens is 1. The van der Waals surface area contributed by atoms with Gasteiger partial charge < -0.3 is 15.4 Å². The Morgan fingerprint density at radius 3 is 2.70 bits per heavy atom. The van der Waals surface area contributed by atoms with E-state index >= 15 is 4.39 Å². The summed E-state index contributed by atoms with van der Waals surface area (Å²) in [5.74, 6) is -1.89. The molecule has 4 aromatic rings. The van der Waals surface area contributed by atoms with E-state index in [0.717, 1.165) is 28.3 Å². The zero-order valence-corrected chi connectivity index (χ0v) is 18.7. The molecule has 4 heterocycles. The van der Waals surface area contributed by atoms with Crippen molar-refractivity contribution in [2.75, 3.05) is 31.2 Å². The van der Waals surface area contributed by atoms with Crippen LogP contribution in [0.3, 0.4) is 0 Å². The van der Waals surface area contributed by atoms with Crippen molar-refractivity contribution in [2.45, 2.75) is 12.8 Å². The Morgan fingerprint density at radius 1 is 1.15 bits per heavy atom. The van der Waals surface area contributed by atoms with Crippen molar-refractivity contribution < 1.29 is 13.9 Å². The Hall–Kier alpha value is -3.50. The number of carbonyl (C=O) groups is 1. The first kappa shape index (κ1) is 21.4. The molecular formula is C23H21FN6O2S. The number of nitrogens with two attached hydrogens (primary N) is 1. The number of hydrogen-bond donors (Lipinski definition) is 1. The van der Waals surface area contributed by atoms with Crippen molar-refractivity contribution in [2.24, 2.45) is 5.73 Å². The summed E-state index contributed by atoms with van der Waals surface area (Å²) in [6, 6.07) is 6.49. The fraction of sp³-hybridized carbons (Fsp3) is 0.261. The Bertz CT molecular complexity index is 1340. The van der Waals surface area contributed by atoms with E-state index in [4.69, 9.17) is 10.5 Å². The summed E-state index contributed by atoms with van der Waals surface area (Å²) in [7, 11) is 0. The zero-order chi connectivity index (χ0) is 22.9. The lowest BCUT2D eigenvalue weighted by molar-refractivity contribution is -0.118. The summed E-state index contributed by atoms with van der Waals surface area (Å²) in [6.45, 7) is 4.67. The van der Waals surface area contributed by atoms with Crippen molar-refractivity contribution in [3.05, 3.63) is 65.8 Å². The number of hydrogen-bond acceptors (Lipinski definition) is 8. The van der Waals surface area contributed by atoms with E-state index in [2.05, 4.69) is 24.8 Å². The third-order valence-corrected chi connectivity index (χ3v) is 6.87. The van der Waals surface area contributed by atoms with Crippen LogP contribution in [-0.2, 0) is 9.53 Å². The predicted molar refractivity (Wildman–Crippen MR) is 124 cm³/mol. The second-order valence-corrected chi connectivity index (χ2v) is 8.75. The van der Waals surface area contributed by atoms with Crippen LogP contribution in [0.4, 0.5) is 9.39 Å². The number of anilines is 1. The quantitative estimate of drug-likeness (QED) is 0.484. The number of amides is 1. The van der Waals surface area contributed by atoms with Crippen LogP contribution < -0.4 is 10.6 Å². The Kier molecular flexibility index (Phi) is 5.69. The van der Waals surface area contributed by atoms with Crippen LogP contribution in [0.15, 0.2) is 43.0 Å². The van der Waals surface area contributed by atoms with Crippen LogP contribution in [0.5, 0.6) is 0 Å². The second kappa shape index (κ2) is 8.80. The molecule has 1 fully saturated rings. The topological polar surface area (TPSA) is 107 Å². The highest BCUT2D eigenvalue weighted by molar-refractivity contribution is 7.23. The smallest absolute Gasteiger partial charge is 0.231 e. The molecule has 8 nitrogen and oxygen atoms in total. The summed E-state index contributed by atoms with van der Waals surface area (Å²) >= 11 is 1.52. The third kappa shape index (κ3) is 4.03. The third-order valence-electron chi connectivity index (χ3n) is 5.68. The molecule has 1 aliphatic rings. The fourth-order valence-corrected chi connectivity index (χ4v) is 5.20. The lowest BCUT2D eigenvalue weighted by Gasteiger charge is -2.27. The minimum Gasteiger partial charge on any atom is -0.378 e. The highest BCUT2D eigenvalue weighted by atomic mass is 32.1. The molecule has 0 saturated carbocycles. The van der Waals surface area contributed by atoms with Crippen LogP contribution in [0.2, 0.25) is 0 Å². The van der Waals surface area contributed by atoms with Crippen LogP contribution in [-0.4, -0.2) is 52.1 Å². The van der Waals surface area contributed by atoms with Gasteiger partial charge in [0.25, 0.3) is 0 Å². The highest BCUT2D eigenvalue weighted by Gasteiger charge is 2.26. The number of thiophene rings is 1. The molecular weight excluding hydrogens is 443 g/mol. The van der Waals surface area contributed by atoms with E-state index in [0.29, 0.717) is 35.9 Å². The van der Waals surface area contributed by atoms with Gasteiger partial charge in [-0.25, -0.2) is 14.4 Å². The molecule has 0 bridgehead atoms. The summed E-state index contributed by atoms with van der Waals surface area (Å²) in [4.78, 5) is 31.9. The number of rotatable bonds is 5. The first-order valence-electron chi connectivity index (χ1n) is 10.5. The molecule has 2 N–H and O–H groups in total. The zero-order valence-electron chi connectivity index (χ0n) is 17.9. The maximum absolute atomic E-state index is 15.1. The summed E-state index contributed by atoms with van der Waals surface area (Å²) in [5.41, 5.74) is 8.79. The molecule has 1 atom stereocenters. The molecule has 10 heteroatoms. The van der Waals surface area contributed by atoms with E-state index in [1.54, 1.807) is 25.3 Å². The molecule has 1 aliphatic heterocycles. The van der Waals surface area contributed by atoms with Gasteiger partial charge in [0.1, 0.15) is 18.1 Å². The molecule has 33 heavy (non-hydrogen) atoms. The van der Waals surface area contributed by atoms with E-state index in [9.17, 15) is 4.79 Å². The first-order chi connectivity index (χ1) is 16.0. The molecule has 0 spiro atoms. The SMILES string of the molecule is Cc1nccnc1C(C(N)=O)c1ccc(F)c(-c2ncnc3cc(N4CCOCC4)sc23)c1. The van der Waals surface area contributed by atoms with Gasteiger partial charge in [-0.1, -0.05) is 6.07 Å². The molecule has 3 aromatic heterocycles. The van der Waals surface area contributed by atoms with Crippen molar-refractivity contribution >= 4 is 32.5 Å². The Morgan fingerprint density at radius 2 is 1.94 bits per heavy atom. The fourth-order valence-electron chi connectivity index (χ4n) is 4.04. The lowest BCUT2D eigenvalue weighted by Crippen LogP contribution is -2.35. The molecule has 1 saturated heterocycles. The minimum atomic E-state index is -0.859. The van der Waals surface area contributed by atoms with Gasteiger partial charge >= 0.3 is 0 Å². The molecule has 1 aromatic carbocycles. The van der Waals surface area contributed by atoms with Gasteiger partial charge in [0.2, 0.25) is 5.91 Å². The van der Waals surface area contributed by atoms with Gasteiger partial charge in [0, 0.05) is 31.0 Å². The molecule has 0 aliphatic carbocycles. The second-order valence-electron chi connectivity index (χ2n) is 7.72. The first-order valence-corrected chi connectivity index (χ1v) is 11.3. The van der Waals surface area contributed by atoms with Crippen molar-refractivity contribution in [1.82, 2.24) is 19.9 Å². The molecule has 1 amide bonds. The normalized spacial score (nSPS) is 15.0. The van der Waals surface area contributed by atoms with Gasteiger partial charge in [0.15, 0.2) is 0 Å². The van der Waals surface area contributed by atoms with E-state index in [-0.39, 0.29) is 5.56 Å². The highest BCUT2D eigenvalue weighted by Crippen LogP contribution is 2.39. The average molecular weight is 465 g/mol. The van der Waals surface area contributed by atoms with Gasteiger partial charge in [-0.2, -0.15) is 0 Å². The Balaban J connectivity index is 1.61. The molecule has 0 radical (unpaired) electrons. The molecule has 1 unspecified atom stereocenters. The number of carbonyl (C=O) groups excluding carboxylic acids is 1. The molecule has 168 valence electrons. The number of aromatic nitrogens is 4. The van der Waals surface area contributed by atoms with Crippen LogP contribution in [0.1, 0.15) is 22.9 Å². The Labute approximate surface area is 193 Å². The van der Waals surface area contributed by atoms with Crippen molar-refractivity contribution in [1.29, 1.82) is 0 Å². The van der Waals surface area contributed by atoms with Gasteiger partial charge in [-0.3, -0.25) is 14.8 Å². The average Bonchev–Trinajstić information content (AvgIpc) is 3.27. The van der Waals surface area contributed by atoms with Crippen molar-refractivity contribution in [3.8, 4) is 11.3 Å². The minimum absolute atomic E-state index is 0.281. The summed E-state index contributed by atoms with van der Waals surface area (Å²) in [5, 5.41) is 1.04. The van der Waals surface area contributed by atoms with E-state index < -0.39 is 17.6 Å². The van der Waals surface area contributed by atoms with Gasteiger partial charge in [-0.05, 0) is 30.7 Å².